The summed E-state index contributed by atoms with van der Waals surface area (Å²) in [6.45, 7) is 1.72. The summed E-state index contributed by atoms with van der Waals surface area (Å²) < 4.78 is 0. The molecule has 1 aliphatic carbocycles. The van der Waals surface area contributed by atoms with Crippen molar-refractivity contribution in [2.45, 2.75) is 31.7 Å². The number of hydrogen-bond donors (Lipinski definition) is 1. The summed E-state index contributed by atoms with van der Waals surface area (Å²) in [6, 6.07) is 0.243. The lowest BCUT2D eigenvalue weighted by Crippen LogP contribution is -2.39. The van der Waals surface area contributed by atoms with E-state index in [9.17, 15) is 4.79 Å². The molecule has 0 aromatic heterocycles. The van der Waals surface area contributed by atoms with E-state index in [0.29, 0.717) is 11.8 Å². The molecule has 0 aromatic rings. The van der Waals surface area contributed by atoms with Crippen molar-refractivity contribution in [2.24, 2.45) is 11.7 Å². The van der Waals surface area contributed by atoms with Gasteiger partial charge >= 0.3 is 0 Å². The monoisotopic (exact) mass is 168 g/mol. The Balaban J connectivity index is 1.80. The number of hydrogen-bond acceptors (Lipinski definition) is 2. The zero-order valence-corrected chi connectivity index (χ0v) is 7.33. The van der Waals surface area contributed by atoms with Gasteiger partial charge in [0.05, 0.1) is 0 Å². The second kappa shape index (κ2) is 3.05. The average molecular weight is 168 g/mol. The van der Waals surface area contributed by atoms with Gasteiger partial charge < -0.3 is 10.6 Å². The smallest absolute Gasteiger partial charge is 0.222 e. The van der Waals surface area contributed by atoms with Gasteiger partial charge in [-0.15, -0.1) is 0 Å². The van der Waals surface area contributed by atoms with E-state index in [1.807, 2.05) is 4.90 Å². The molecule has 2 rings (SSSR count). The zero-order valence-electron chi connectivity index (χ0n) is 7.33. The summed E-state index contributed by atoms with van der Waals surface area (Å²) in [4.78, 5) is 13.1. The first-order chi connectivity index (χ1) is 5.77. The van der Waals surface area contributed by atoms with E-state index >= 15 is 0 Å². The van der Waals surface area contributed by atoms with E-state index in [2.05, 4.69) is 0 Å². The fourth-order valence-corrected chi connectivity index (χ4v) is 1.82. The molecule has 3 nitrogen and oxygen atoms in total. The maximum atomic E-state index is 11.2. The van der Waals surface area contributed by atoms with Gasteiger partial charge in [-0.1, -0.05) is 0 Å². The van der Waals surface area contributed by atoms with E-state index in [1.165, 1.54) is 12.8 Å². The zero-order chi connectivity index (χ0) is 8.55. The van der Waals surface area contributed by atoms with Crippen molar-refractivity contribution >= 4 is 5.91 Å². The Morgan fingerprint density at radius 2 is 2.33 bits per heavy atom. The lowest BCUT2D eigenvalue weighted by Gasteiger charge is -2.20. The van der Waals surface area contributed by atoms with Crippen LogP contribution >= 0.6 is 0 Å². The van der Waals surface area contributed by atoms with Crippen LogP contribution in [-0.4, -0.2) is 29.9 Å². The molecule has 1 aliphatic heterocycles. The Bertz CT molecular complexity index is 189. The molecule has 1 saturated carbocycles. The first kappa shape index (κ1) is 8.05. The quantitative estimate of drug-likeness (QED) is 0.660. The van der Waals surface area contributed by atoms with E-state index < -0.39 is 0 Å². The fourth-order valence-electron chi connectivity index (χ4n) is 1.82. The molecule has 2 aliphatic rings. The van der Waals surface area contributed by atoms with Gasteiger partial charge in [-0.05, 0) is 25.2 Å². The number of carbonyl (C=O) groups is 1. The average Bonchev–Trinajstić information content (AvgIpc) is 2.80. The predicted octanol–water partition coefficient (Wildman–Crippen LogP) is 0.346. The molecule has 1 saturated heterocycles. The normalized spacial score (nSPS) is 26.4. The van der Waals surface area contributed by atoms with Crippen LogP contribution < -0.4 is 5.73 Å². The van der Waals surface area contributed by atoms with Crippen LogP contribution in [0.5, 0.6) is 0 Å². The van der Waals surface area contributed by atoms with Crippen LogP contribution in [-0.2, 0) is 4.79 Å². The molecule has 1 unspecified atom stereocenters. The number of carbonyl (C=O) groups excluding carboxylic acids is 1. The molecule has 0 spiro atoms. The van der Waals surface area contributed by atoms with Gasteiger partial charge in [-0.3, -0.25) is 4.79 Å². The van der Waals surface area contributed by atoms with Gasteiger partial charge in [0.15, 0.2) is 0 Å². The molecule has 2 fully saturated rings. The highest BCUT2D eigenvalue weighted by Gasteiger charge is 2.31. The number of nitrogens with zero attached hydrogens (tertiary/aromatic N) is 1. The SMILES string of the molecule is NC(CN1CCCC1=O)C1CC1. The number of amides is 1. The second-order valence-electron chi connectivity index (χ2n) is 3.94. The molecule has 1 atom stereocenters. The third-order valence-electron chi connectivity index (χ3n) is 2.83. The molecule has 2 N–H and O–H groups in total. The van der Waals surface area contributed by atoms with Crippen molar-refractivity contribution in [2.75, 3.05) is 13.1 Å². The summed E-state index contributed by atoms with van der Waals surface area (Å²) in [5.41, 5.74) is 5.93. The minimum Gasteiger partial charge on any atom is -0.341 e. The molecule has 1 amide bonds. The summed E-state index contributed by atoms with van der Waals surface area (Å²) in [6.07, 6.45) is 4.29. The minimum atomic E-state index is 0.243. The topological polar surface area (TPSA) is 46.3 Å². The van der Waals surface area contributed by atoms with Crippen LogP contribution in [0.25, 0.3) is 0 Å². The van der Waals surface area contributed by atoms with Gasteiger partial charge in [-0.25, -0.2) is 0 Å². The van der Waals surface area contributed by atoms with Crippen molar-refractivity contribution in [1.29, 1.82) is 0 Å². The molecule has 68 valence electrons. The summed E-state index contributed by atoms with van der Waals surface area (Å²) in [5.74, 6) is 1.00. The highest BCUT2D eigenvalue weighted by Crippen LogP contribution is 2.32. The van der Waals surface area contributed by atoms with E-state index in [-0.39, 0.29) is 6.04 Å². The number of nitrogens with two attached hydrogens (primary N) is 1. The Morgan fingerprint density at radius 1 is 1.58 bits per heavy atom. The van der Waals surface area contributed by atoms with E-state index in [1.54, 1.807) is 0 Å². The van der Waals surface area contributed by atoms with Gasteiger partial charge in [0.25, 0.3) is 0 Å². The van der Waals surface area contributed by atoms with Gasteiger partial charge in [-0.2, -0.15) is 0 Å². The van der Waals surface area contributed by atoms with Crippen molar-refractivity contribution in [3.63, 3.8) is 0 Å². The predicted molar refractivity (Wildman–Crippen MR) is 46.5 cm³/mol. The summed E-state index contributed by atoms with van der Waals surface area (Å²) in [5, 5.41) is 0. The Morgan fingerprint density at radius 3 is 2.83 bits per heavy atom. The van der Waals surface area contributed by atoms with Crippen LogP contribution in [0.4, 0.5) is 0 Å². The molecule has 3 heteroatoms. The lowest BCUT2D eigenvalue weighted by molar-refractivity contribution is -0.127. The van der Waals surface area contributed by atoms with Crippen LogP contribution in [0.3, 0.4) is 0 Å². The highest BCUT2D eigenvalue weighted by molar-refractivity contribution is 5.78. The fraction of sp³-hybridized carbons (Fsp3) is 0.889. The van der Waals surface area contributed by atoms with Crippen molar-refractivity contribution in [3.05, 3.63) is 0 Å². The summed E-state index contributed by atoms with van der Waals surface area (Å²) in [7, 11) is 0. The Kier molecular flexibility index (Phi) is 2.05. The molecule has 12 heavy (non-hydrogen) atoms. The van der Waals surface area contributed by atoms with Crippen LogP contribution in [0.1, 0.15) is 25.7 Å². The highest BCUT2D eigenvalue weighted by atomic mass is 16.2. The standard InChI is InChI=1S/C9H16N2O/c10-8(7-3-4-7)6-11-5-1-2-9(11)12/h7-8H,1-6,10H2. The molecular weight excluding hydrogens is 152 g/mol. The van der Waals surface area contributed by atoms with Gasteiger partial charge in [0.1, 0.15) is 0 Å². The van der Waals surface area contributed by atoms with Gasteiger partial charge in [0.2, 0.25) is 5.91 Å². The molecule has 0 bridgehead atoms. The van der Waals surface area contributed by atoms with Gasteiger partial charge in [0, 0.05) is 25.6 Å². The van der Waals surface area contributed by atoms with Crippen LogP contribution in [0.15, 0.2) is 0 Å². The molecule has 1 heterocycles. The second-order valence-corrected chi connectivity index (χ2v) is 3.94. The van der Waals surface area contributed by atoms with Crippen molar-refractivity contribution in [1.82, 2.24) is 4.90 Å². The molecule has 0 radical (unpaired) electrons. The Hall–Kier alpha value is -0.570. The largest absolute Gasteiger partial charge is 0.341 e. The molecular formula is C9H16N2O. The third kappa shape index (κ3) is 1.61. The Labute approximate surface area is 72.9 Å². The van der Waals surface area contributed by atoms with Crippen molar-refractivity contribution in [3.8, 4) is 0 Å². The lowest BCUT2D eigenvalue weighted by atomic mass is 10.2. The van der Waals surface area contributed by atoms with Crippen molar-refractivity contribution < 1.29 is 4.79 Å². The number of likely N-dealkylation sites (tertiary alicyclic amines) is 1. The first-order valence-corrected chi connectivity index (χ1v) is 4.81. The summed E-state index contributed by atoms with van der Waals surface area (Å²) >= 11 is 0. The van der Waals surface area contributed by atoms with Crippen LogP contribution in [0.2, 0.25) is 0 Å². The minimum absolute atomic E-state index is 0.243. The third-order valence-corrected chi connectivity index (χ3v) is 2.83. The number of rotatable bonds is 3. The first-order valence-electron chi connectivity index (χ1n) is 4.81. The van der Waals surface area contributed by atoms with E-state index in [4.69, 9.17) is 5.73 Å². The maximum absolute atomic E-state index is 11.2. The maximum Gasteiger partial charge on any atom is 0.222 e. The van der Waals surface area contributed by atoms with Crippen LogP contribution in [0, 0.1) is 5.92 Å². The molecule has 0 aromatic carbocycles. The van der Waals surface area contributed by atoms with E-state index in [0.717, 1.165) is 25.9 Å².